The standard InChI is InChI=1S/C33H32N6O10/c1-21(40)47-25-18-30(38-16-14-28(36-32(38)42)35-31(41)23-11-7-4-8-12-23)48-27(25)20-46-33(43)49-26(22-9-5-3-6-10-22)19-37(2)29-17-24(39(44)45)13-15-34-29/h3-17,25-27,30H,18-20H2,1-2H3,(H,35,36,41,42)/t25-,26?,27+,30+/m0/s1. The number of carbonyl (C=O) groups is 3. The molecule has 0 spiro atoms. The van der Waals surface area contributed by atoms with E-state index in [0.29, 0.717) is 11.1 Å². The molecule has 4 atom stereocenters. The summed E-state index contributed by atoms with van der Waals surface area (Å²) < 4.78 is 23.6. The Kier molecular flexibility index (Phi) is 10.9. The number of esters is 1. The maximum atomic E-state index is 13.0. The van der Waals surface area contributed by atoms with Crippen LogP contribution in [0.5, 0.6) is 0 Å². The van der Waals surface area contributed by atoms with E-state index in [1.807, 2.05) is 0 Å². The highest BCUT2D eigenvalue weighted by molar-refractivity contribution is 6.03. The summed E-state index contributed by atoms with van der Waals surface area (Å²) in [6.45, 7) is 0.905. The zero-order chi connectivity index (χ0) is 34.9. The summed E-state index contributed by atoms with van der Waals surface area (Å²) in [6.07, 6.45) is -1.94. The third-order valence-corrected chi connectivity index (χ3v) is 7.46. The molecule has 1 unspecified atom stereocenters. The summed E-state index contributed by atoms with van der Waals surface area (Å²) in [5.74, 6) is -0.721. The van der Waals surface area contributed by atoms with Crippen LogP contribution in [0, 0.1) is 10.1 Å². The third-order valence-electron chi connectivity index (χ3n) is 7.46. The van der Waals surface area contributed by atoms with Gasteiger partial charge in [0.15, 0.2) is 0 Å². The van der Waals surface area contributed by atoms with Gasteiger partial charge in [-0.2, -0.15) is 4.98 Å². The van der Waals surface area contributed by atoms with Crippen LogP contribution < -0.4 is 15.9 Å². The molecular weight excluding hydrogens is 640 g/mol. The van der Waals surface area contributed by atoms with Gasteiger partial charge < -0.3 is 29.2 Å². The number of hydrogen-bond acceptors (Lipinski definition) is 13. The number of benzene rings is 2. The quantitative estimate of drug-likeness (QED) is 0.129. The zero-order valence-corrected chi connectivity index (χ0v) is 26.4. The summed E-state index contributed by atoms with van der Waals surface area (Å²) in [6, 6.07) is 21.2. The maximum absolute atomic E-state index is 13.0. The number of nitrogens with one attached hydrogen (secondary N) is 1. The number of pyridine rings is 1. The lowest BCUT2D eigenvalue weighted by Crippen LogP contribution is -2.33. The lowest BCUT2D eigenvalue weighted by atomic mass is 10.1. The SMILES string of the molecule is CC(=O)O[C@H]1C[C@H](n2ccc(NC(=O)c3ccccc3)nc2=O)O[C@@H]1COC(=O)OC(CN(C)c1cc([N+](=O)[O-])ccn1)c1ccccc1. The van der Waals surface area contributed by atoms with E-state index in [9.17, 15) is 29.3 Å². The molecule has 1 fully saturated rings. The van der Waals surface area contributed by atoms with Gasteiger partial charge in [-0.05, 0) is 23.8 Å². The first-order valence-electron chi connectivity index (χ1n) is 15.1. The lowest BCUT2D eigenvalue weighted by molar-refractivity contribution is -0.384. The predicted molar refractivity (Wildman–Crippen MR) is 173 cm³/mol. The van der Waals surface area contributed by atoms with Gasteiger partial charge in [0.2, 0.25) is 0 Å². The van der Waals surface area contributed by atoms with Gasteiger partial charge in [-0.15, -0.1) is 0 Å². The summed E-state index contributed by atoms with van der Waals surface area (Å²) >= 11 is 0. The lowest BCUT2D eigenvalue weighted by Gasteiger charge is -2.25. The molecule has 1 aliphatic rings. The fraction of sp³-hybridized carbons (Fsp3) is 0.273. The number of nitro groups is 1. The highest BCUT2D eigenvalue weighted by Crippen LogP contribution is 2.31. The van der Waals surface area contributed by atoms with Crippen molar-refractivity contribution in [2.45, 2.75) is 37.9 Å². The summed E-state index contributed by atoms with van der Waals surface area (Å²) in [7, 11) is 1.65. The molecule has 4 aromatic rings. The van der Waals surface area contributed by atoms with E-state index >= 15 is 0 Å². The number of nitrogens with zero attached hydrogens (tertiary/aromatic N) is 5. The molecular formula is C33H32N6O10. The molecule has 1 saturated heterocycles. The number of aromatic nitrogens is 3. The molecule has 49 heavy (non-hydrogen) atoms. The molecule has 254 valence electrons. The van der Waals surface area contributed by atoms with Crippen LogP contribution in [0.2, 0.25) is 0 Å². The molecule has 0 saturated carbocycles. The monoisotopic (exact) mass is 672 g/mol. The molecule has 16 heteroatoms. The first kappa shape index (κ1) is 34.2. The van der Waals surface area contributed by atoms with E-state index in [-0.39, 0.29) is 36.9 Å². The average molecular weight is 673 g/mol. The number of rotatable bonds is 12. The van der Waals surface area contributed by atoms with Crippen molar-refractivity contribution >= 4 is 35.4 Å². The second-order valence-electron chi connectivity index (χ2n) is 10.9. The van der Waals surface area contributed by atoms with Crippen molar-refractivity contribution in [2.75, 3.05) is 30.4 Å². The van der Waals surface area contributed by atoms with Crippen molar-refractivity contribution in [3.63, 3.8) is 0 Å². The van der Waals surface area contributed by atoms with Gasteiger partial charge in [0, 0.05) is 44.4 Å². The van der Waals surface area contributed by atoms with Gasteiger partial charge in [-0.3, -0.25) is 24.3 Å². The Morgan fingerprint density at radius 1 is 1.10 bits per heavy atom. The summed E-state index contributed by atoms with van der Waals surface area (Å²) in [5.41, 5.74) is 0.141. The summed E-state index contributed by atoms with van der Waals surface area (Å²) in [5, 5.41) is 13.8. The zero-order valence-electron chi connectivity index (χ0n) is 26.4. The van der Waals surface area contributed by atoms with E-state index in [2.05, 4.69) is 15.3 Å². The molecule has 2 aromatic heterocycles. The second kappa shape index (κ2) is 15.6. The minimum Gasteiger partial charge on any atom is -0.459 e. The van der Waals surface area contributed by atoms with E-state index in [1.165, 1.54) is 42.1 Å². The number of ether oxygens (including phenoxy) is 4. The van der Waals surface area contributed by atoms with Gasteiger partial charge in [0.1, 0.15) is 42.8 Å². The molecule has 1 aliphatic heterocycles. The van der Waals surface area contributed by atoms with Crippen LogP contribution in [0.4, 0.5) is 22.1 Å². The van der Waals surface area contributed by atoms with Gasteiger partial charge in [-0.1, -0.05) is 48.5 Å². The normalized spacial score (nSPS) is 17.4. The van der Waals surface area contributed by atoms with E-state index in [1.54, 1.807) is 72.6 Å². The van der Waals surface area contributed by atoms with E-state index < -0.39 is 53.2 Å². The second-order valence-corrected chi connectivity index (χ2v) is 10.9. The molecule has 0 aliphatic carbocycles. The van der Waals surface area contributed by atoms with Crippen LogP contribution in [-0.2, 0) is 23.7 Å². The highest BCUT2D eigenvalue weighted by atomic mass is 16.7. The molecule has 0 radical (unpaired) electrons. The van der Waals surface area contributed by atoms with Crippen LogP contribution in [0.3, 0.4) is 0 Å². The smallest absolute Gasteiger partial charge is 0.459 e. The van der Waals surface area contributed by atoms with E-state index in [0.717, 1.165) is 0 Å². The number of likely N-dealkylation sites (N-methyl/N-ethyl adjacent to an activating group) is 1. The number of hydrogen-bond donors (Lipinski definition) is 1. The first-order chi connectivity index (χ1) is 23.6. The first-order valence-corrected chi connectivity index (χ1v) is 15.1. The fourth-order valence-electron chi connectivity index (χ4n) is 5.09. The minimum atomic E-state index is -1.06. The Hall–Kier alpha value is -6.16. The molecule has 16 nitrogen and oxygen atoms in total. The van der Waals surface area contributed by atoms with Crippen LogP contribution in [0.25, 0.3) is 0 Å². The number of carbonyl (C=O) groups excluding carboxylic acids is 3. The number of amides is 1. The van der Waals surface area contributed by atoms with Crippen LogP contribution in [0.1, 0.15) is 41.6 Å². The number of anilines is 2. The van der Waals surface area contributed by atoms with Gasteiger partial charge in [-0.25, -0.2) is 14.6 Å². The van der Waals surface area contributed by atoms with Gasteiger partial charge in [0.25, 0.3) is 11.6 Å². The van der Waals surface area contributed by atoms with Gasteiger partial charge >= 0.3 is 17.8 Å². The van der Waals surface area contributed by atoms with Crippen molar-refractivity contribution in [3.05, 3.63) is 123 Å². The van der Waals surface area contributed by atoms with Crippen LogP contribution >= 0.6 is 0 Å². The third kappa shape index (κ3) is 9.01. The Bertz CT molecular complexity index is 1860. The fourth-order valence-corrected chi connectivity index (χ4v) is 5.09. The predicted octanol–water partition coefficient (Wildman–Crippen LogP) is 4.05. The van der Waals surface area contributed by atoms with Gasteiger partial charge in [0.05, 0.1) is 17.5 Å². The molecule has 3 heterocycles. The molecule has 5 rings (SSSR count). The van der Waals surface area contributed by atoms with Crippen molar-refractivity contribution in [1.82, 2.24) is 14.5 Å². The van der Waals surface area contributed by atoms with Crippen molar-refractivity contribution in [2.24, 2.45) is 0 Å². The molecule has 2 aromatic carbocycles. The van der Waals surface area contributed by atoms with Crippen molar-refractivity contribution in [3.8, 4) is 0 Å². The Morgan fingerprint density at radius 3 is 2.49 bits per heavy atom. The average Bonchev–Trinajstić information content (AvgIpc) is 3.49. The Labute approximate surface area is 279 Å². The molecule has 1 N–H and O–H groups in total. The summed E-state index contributed by atoms with van der Waals surface area (Å²) in [4.78, 5) is 70.6. The van der Waals surface area contributed by atoms with E-state index in [4.69, 9.17) is 18.9 Å². The van der Waals surface area contributed by atoms with Crippen LogP contribution in [-0.4, -0.2) is 69.9 Å². The molecule has 0 bridgehead atoms. The van der Waals surface area contributed by atoms with Crippen molar-refractivity contribution < 1.29 is 38.3 Å². The van der Waals surface area contributed by atoms with Crippen molar-refractivity contribution in [1.29, 1.82) is 0 Å². The largest absolute Gasteiger partial charge is 0.509 e. The Morgan fingerprint density at radius 2 is 1.82 bits per heavy atom. The highest BCUT2D eigenvalue weighted by Gasteiger charge is 2.40. The minimum absolute atomic E-state index is 0.0344. The van der Waals surface area contributed by atoms with Crippen LogP contribution in [0.15, 0.2) is 96.1 Å². The molecule has 1 amide bonds. The topological polar surface area (TPSA) is 194 Å². The Balaban J connectivity index is 1.23. The maximum Gasteiger partial charge on any atom is 0.509 e.